The molecule has 4 N–H and O–H groups in total. The summed E-state index contributed by atoms with van der Waals surface area (Å²) in [6.07, 6.45) is 0.511. The second-order valence-corrected chi connectivity index (χ2v) is 8.86. The Morgan fingerprint density at radius 2 is 1.60 bits per heavy atom. The van der Waals surface area contributed by atoms with Gasteiger partial charge in [-0.05, 0) is 36.8 Å². The summed E-state index contributed by atoms with van der Waals surface area (Å²) in [5, 5.41) is 42.0. The number of phenolic OH excluding ortho intramolecular Hbond substituents is 2. The zero-order valence-corrected chi connectivity index (χ0v) is 17.9. The predicted molar refractivity (Wildman–Crippen MR) is 122 cm³/mol. The van der Waals surface area contributed by atoms with Crippen LogP contribution in [-0.4, -0.2) is 46.3 Å². The zero-order valence-electron chi connectivity index (χ0n) is 17.9. The van der Waals surface area contributed by atoms with Crippen molar-refractivity contribution in [1.29, 1.82) is 0 Å². The second kappa shape index (κ2) is 6.51. The second-order valence-electron chi connectivity index (χ2n) is 8.86. The molecule has 1 aliphatic heterocycles. The van der Waals surface area contributed by atoms with Gasteiger partial charge in [-0.15, -0.1) is 0 Å². The Bertz CT molecular complexity index is 1770. The van der Waals surface area contributed by atoms with E-state index in [1.165, 1.54) is 18.2 Å². The minimum Gasteiger partial charge on any atom is -0.506 e. The summed E-state index contributed by atoms with van der Waals surface area (Å²) < 4.78 is 6.02. The van der Waals surface area contributed by atoms with E-state index in [-0.39, 0.29) is 62.9 Å². The highest BCUT2D eigenvalue weighted by Gasteiger charge is 2.49. The molecular weight excluding hydrogens is 452 g/mol. The molecule has 0 saturated heterocycles. The quantitative estimate of drug-likeness (QED) is 0.269. The van der Waals surface area contributed by atoms with E-state index in [0.717, 1.165) is 0 Å². The maximum Gasteiger partial charge on any atom is 0.338 e. The standard InChI is InChI=1S/C25H16N4O6/c30-15-5-2-4-13-20(15)28-22-18-10-7-14-23(29-21-12(26-14)3-1-6-16(21)31)25(34,9-10)35-17(18)8-11(24(32)33)19(22)27-13/h1-6,8,10,30-31,34H,7,9H2,(H,32,33)/t10-,25-/m1/s1. The minimum absolute atomic E-state index is 0.0687. The molecule has 0 saturated carbocycles. The van der Waals surface area contributed by atoms with Gasteiger partial charge in [0.25, 0.3) is 5.79 Å². The molecule has 3 heterocycles. The van der Waals surface area contributed by atoms with Gasteiger partial charge in [-0.3, -0.25) is 0 Å². The number of fused-ring (bicyclic) bond motifs is 10. The Labute approximate surface area is 196 Å². The van der Waals surface area contributed by atoms with Crippen LogP contribution in [0.5, 0.6) is 17.2 Å². The van der Waals surface area contributed by atoms with Gasteiger partial charge in [0, 0.05) is 17.9 Å². The molecule has 5 aromatic rings. The molecule has 10 heteroatoms. The molecule has 7 rings (SSSR count). The van der Waals surface area contributed by atoms with Gasteiger partial charge >= 0.3 is 5.97 Å². The summed E-state index contributed by atoms with van der Waals surface area (Å²) in [6, 6.07) is 11.0. The van der Waals surface area contributed by atoms with Gasteiger partial charge in [0.15, 0.2) is 0 Å². The topological polar surface area (TPSA) is 159 Å². The summed E-state index contributed by atoms with van der Waals surface area (Å²) >= 11 is 0. The molecule has 0 spiro atoms. The lowest BCUT2D eigenvalue weighted by molar-refractivity contribution is -0.172. The predicted octanol–water partition coefficient (Wildman–Crippen LogP) is 3.10. The van der Waals surface area contributed by atoms with Crippen molar-refractivity contribution in [3.8, 4) is 17.2 Å². The lowest BCUT2D eigenvalue weighted by Gasteiger charge is -2.42. The Hall–Kier alpha value is -4.57. The van der Waals surface area contributed by atoms with Crippen molar-refractivity contribution in [2.24, 2.45) is 0 Å². The number of rotatable bonds is 1. The van der Waals surface area contributed by atoms with Crippen molar-refractivity contribution in [1.82, 2.24) is 19.9 Å². The Morgan fingerprint density at radius 1 is 0.914 bits per heavy atom. The van der Waals surface area contributed by atoms with Gasteiger partial charge in [-0.25, -0.2) is 24.7 Å². The summed E-state index contributed by atoms with van der Waals surface area (Å²) in [5.41, 5.74) is 2.94. The van der Waals surface area contributed by atoms with E-state index in [2.05, 4.69) is 19.9 Å². The van der Waals surface area contributed by atoms with Crippen LogP contribution < -0.4 is 4.74 Å². The number of aromatic carboxylic acids is 1. The average molecular weight is 468 g/mol. The first kappa shape index (κ1) is 19.9. The van der Waals surface area contributed by atoms with E-state index in [1.807, 2.05) is 0 Å². The lowest BCUT2D eigenvalue weighted by atomic mass is 9.77. The average Bonchev–Trinajstić information content (AvgIpc) is 2.82. The zero-order chi connectivity index (χ0) is 24.1. The van der Waals surface area contributed by atoms with Crippen LogP contribution in [0, 0.1) is 0 Å². The summed E-state index contributed by atoms with van der Waals surface area (Å²) in [6.45, 7) is 0. The first-order chi connectivity index (χ1) is 16.8. The van der Waals surface area contributed by atoms with Crippen molar-refractivity contribution in [3.63, 3.8) is 0 Å². The SMILES string of the molecule is O=C(O)c1cc2c(c3nc4c(O)cccc4nc13)[C@@H]1Cc3nc4cccc(O)c4nc3[C@@](O)(C1)O2. The number of nitrogens with zero attached hydrogens (tertiary/aromatic N) is 4. The first-order valence-corrected chi connectivity index (χ1v) is 10.9. The van der Waals surface area contributed by atoms with Crippen LogP contribution in [0.1, 0.15) is 39.6 Å². The Morgan fingerprint density at radius 3 is 2.31 bits per heavy atom. The highest BCUT2D eigenvalue weighted by molar-refractivity contribution is 6.05. The molecule has 2 aromatic heterocycles. The number of ether oxygens (including phenoxy) is 1. The van der Waals surface area contributed by atoms with Crippen molar-refractivity contribution in [3.05, 3.63) is 65.0 Å². The third-order valence-electron chi connectivity index (χ3n) is 6.72. The molecule has 10 nitrogen and oxygen atoms in total. The largest absolute Gasteiger partial charge is 0.506 e. The van der Waals surface area contributed by atoms with E-state index in [1.54, 1.807) is 24.3 Å². The molecule has 0 fully saturated rings. The number of carboxylic acid groups (broad SMARTS) is 1. The van der Waals surface area contributed by atoms with Crippen LogP contribution in [0.25, 0.3) is 33.1 Å². The summed E-state index contributed by atoms with van der Waals surface area (Å²) in [5.74, 6) is -3.42. The molecule has 172 valence electrons. The molecule has 2 aliphatic rings. The van der Waals surface area contributed by atoms with Crippen LogP contribution >= 0.6 is 0 Å². The number of phenols is 2. The fraction of sp³-hybridized carbons (Fsp3) is 0.160. The Kier molecular flexibility index (Phi) is 3.70. The molecule has 0 unspecified atom stereocenters. The van der Waals surface area contributed by atoms with E-state index in [0.29, 0.717) is 28.7 Å². The van der Waals surface area contributed by atoms with Crippen LogP contribution in [0.3, 0.4) is 0 Å². The van der Waals surface area contributed by atoms with Crippen LogP contribution in [0.2, 0.25) is 0 Å². The van der Waals surface area contributed by atoms with Crippen molar-refractivity contribution in [2.45, 2.75) is 24.5 Å². The molecule has 2 bridgehead atoms. The molecule has 1 aliphatic carbocycles. The van der Waals surface area contributed by atoms with E-state index in [4.69, 9.17) is 4.74 Å². The van der Waals surface area contributed by atoms with Crippen LogP contribution in [0.15, 0.2) is 42.5 Å². The number of aliphatic hydroxyl groups is 1. The number of aromatic nitrogens is 4. The maximum atomic E-state index is 12.1. The van der Waals surface area contributed by atoms with E-state index < -0.39 is 11.8 Å². The molecule has 0 amide bonds. The van der Waals surface area contributed by atoms with Gasteiger partial charge in [-0.2, -0.15) is 0 Å². The van der Waals surface area contributed by atoms with E-state index in [9.17, 15) is 25.2 Å². The smallest absolute Gasteiger partial charge is 0.338 e. The monoisotopic (exact) mass is 468 g/mol. The van der Waals surface area contributed by atoms with Crippen LogP contribution in [0.4, 0.5) is 0 Å². The Balaban J connectivity index is 1.52. The van der Waals surface area contributed by atoms with Gasteiger partial charge in [0.05, 0.1) is 27.8 Å². The normalized spacial score (nSPS) is 20.4. The van der Waals surface area contributed by atoms with E-state index >= 15 is 0 Å². The van der Waals surface area contributed by atoms with Gasteiger partial charge in [0.2, 0.25) is 0 Å². The molecule has 3 aromatic carbocycles. The number of carboxylic acids is 1. The van der Waals surface area contributed by atoms with Gasteiger partial charge < -0.3 is 25.2 Å². The highest BCUT2D eigenvalue weighted by Crippen LogP contribution is 2.52. The maximum absolute atomic E-state index is 12.1. The number of hydrogen-bond donors (Lipinski definition) is 4. The van der Waals surface area contributed by atoms with Gasteiger partial charge in [0.1, 0.15) is 39.5 Å². The highest BCUT2D eigenvalue weighted by atomic mass is 16.6. The first-order valence-electron chi connectivity index (χ1n) is 10.9. The van der Waals surface area contributed by atoms with Crippen LogP contribution in [-0.2, 0) is 12.2 Å². The summed E-state index contributed by atoms with van der Waals surface area (Å²) in [7, 11) is 0. The van der Waals surface area contributed by atoms with Crippen molar-refractivity contribution < 1.29 is 30.0 Å². The van der Waals surface area contributed by atoms with Gasteiger partial charge in [-0.1, -0.05) is 12.1 Å². The molecular formula is C25H16N4O6. The fourth-order valence-corrected chi connectivity index (χ4v) is 5.24. The lowest BCUT2D eigenvalue weighted by Crippen LogP contribution is -2.44. The third kappa shape index (κ3) is 2.65. The minimum atomic E-state index is -1.87. The molecule has 2 atom stereocenters. The van der Waals surface area contributed by atoms with Crippen molar-refractivity contribution in [2.75, 3.05) is 0 Å². The number of para-hydroxylation sites is 2. The summed E-state index contributed by atoms with van der Waals surface area (Å²) in [4.78, 5) is 30.4. The number of carbonyl (C=O) groups is 1. The molecule has 35 heavy (non-hydrogen) atoms. The van der Waals surface area contributed by atoms with Crippen molar-refractivity contribution >= 4 is 39.1 Å². The number of aromatic hydroxyl groups is 2. The third-order valence-corrected chi connectivity index (χ3v) is 6.72. The molecule has 0 radical (unpaired) electrons. The number of hydrogen-bond acceptors (Lipinski definition) is 9. The number of benzene rings is 3. The fourth-order valence-electron chi connectivity index (χ4n) is 5.24.